The van der Waals surface area contributed by atoms with E-state index in [1.165, 1.54) is 0 Å². The van der Waals surface area contributed by atoms with E-state index in [0.29, 0.717) is 37.6 Å². The van der Waals surface area contributed by atoms with Crippen LogP contribution >= 0.6 is 0 Å². The first kappa shape index (κ1) is 15.1. The maximum Gasteiger partial charge on any atom is 0.305 e. The first-order valence-corrected chi connectivity index (χ1v) is 6.59. The van der Waals surface area contributed by atoms with E-state index in [9.17, 15) is 4.79 Å². The fourth-order valence-corrected chi connectivity index (χ4v) is 1.62. The number of esters is 1. The van der Waals surface area contributed by atoms with E-state index in [0.717, 1.165) is 12.1 Å². The van der Waals surface area contributed by atoms with E-state index in [1.807, 2.05) is 19.1 Å². The number of hydrogen-bond acceptors (Lipinski definition) is 5. The summed E-state index contributed by atoms with van der Waals surface area (Å²) < 4.78 is 10.3. The molecule has 0 aliphatic carbocycles. The molecule has 0 aliphatic heterocycles. The van der Waals surface area contributed by atoms with E-state index in [1.54, 1.807) is 13.0 Å². The molecule has 1 aromatic rings. The number of ether oxygens (including phenoxy) is 2. The fourth-order valence-electron chi connectivity index (χ4n) is 1.62. The molecule has 0 amide bonds. The van der Waals surface area contributed by atoms with E-state index >= 15 is 0 Å². The minimum Gasteiger partial charge on any atom is -0.492 e. The van der Waals surface area contributed by atoms with Gasteiger partial charge in [-0.05, 0) is 32.4 Å². The Labute approximate surface area is 114 Å². The highest BCUT2D eigenvalue weighted by molar-refractivity contribution is 5.69. The standard InChI is InChI=1S/C14H22N2O3/c1-3-18-13-10-11(7-8-12(13)15)16-9-5-6-14(17)19-4-2/h7-8,10,16H,3-6,9,15H2,1-2H3. The van der Waals surface area contributed by atoms with Gasteiger partial charge >= 0.3 is 5.97 Å². The van der Waals surface area contributed by atoms with Gasteiger partial charge in [-0.3, -0.25) is 4.79 Å². The van der Waals surface area contributed by atoms with Crippen molar-refractivity contribution in [2.24, 2.45) is 0 Å². The van der Waals surface area contributed by atoms with Gasteiger partial charge in [0.05, 0.1) is 18.9 Å². The molecule has 3 N–H and O–H groups in total. The molecular weight excluding hydrogens is 244 g/mol. The largest absolute Gasteiger partial charge is 0.492 e. The van der Waals surface area contributed by atoms with Crippen molar-refractivity contribution in [1.29, 1.82) is 0 Å². The highest BCUT2D eigenvalue weighted by Crippen LogP contribution is 2.25. The normalized spacial score (nSPS) is 10.0. The second-order valence-electron chi connectivity index (χ2n) is 4.02. The van der Waals surface area contributed by atoms with E-state index in [2.05, 4.69) is 5.32 Å². The number of nitrogens with two attached hydrogens (primary N) is 1. The van der Waals surface area contributed by atoms with Crippen molar-refractivity contribution in [3.05, 3.63) is 18.2 Å². The molecule has 106 valence electrons. The number of hydrogen-bond donors (Lipinski definition) is 2. The van der Waals surface area contributed by atoms with Gasteiger partial charge in [-0.15, -0.1) is 0 Å². The van der Waals surface area contributed by atoms with Crippen LogP contribution in [0, 0.1) is 0 Å². The summed E-state index contributed by atoms with van der Waals surface area (Å²) >= 11 is 0. The predicted octanol–water partition coefficient (Wildman–Crippen LogP) is 2.42. The Hall–Kier alpha value is -1.91. The molecule has 0 heterocycles. The monoisotopic (exact) mass is 266 g/mol. The highest BCUT2D eigenvalue weighted by atomic mass is 16.5. The van der Waals surface area contributed by atoms with Gasteiger partial charge in [0.15, 0.2) is 0 Å². The SMILES string of the molecule is CCOC(=O)CCCNc1ccc(N)c(OCC)c1. The molecule has 0 saturated carbocycles. The zero-order chi connectivity index (χ0) is 14.1. The van der Waals surface area contributed by atoms with Crippen molar-refractivity contribution < 1.29 is 14.3 Å². The minimum atomic E-state index is -0.156. The number of carbonyl (C=O) groups is 1. The van der Waals surface area contributed by atoms with Gasteiger partial charge in [0.1, 0.15) is 5.75 Å². The lowest BCUT2D eigenvalue weighted by atomic mass is 10.2. The van der Waals surface area contributed by atoms with Crippen molar-refractivity contribution in [3.63, 3.8) is 0 Å². The zero-order valence-corrected chi connectivity index (χ0v) is 11.6. The maximum atomic E-state index is 11.2. The summed E-state index contributed by atoms with van der Waals surface area (Å²) in [6.07, 6.45) is 1.15. The van der Waals surface area contributed by atoms with Crippen LogP contribution < -0.4 is 15.8 Å². The highest BCUT2D eigenvalue weighted by Gasteiger charge is 2.03. The molecule has 0 bridgehead atoms. The molecule has 0 fully saturated rings. The van der Waals surface area contributed by atoms with E-state index < -0.39 is 0 Å². The zero-order valence-electron chi connectivity index (χ0n) is 11.6. The molecule has 19 heavy (non-hydrogen) atoms. The first-order chi connectivity index (χ1) is 9.17. The Morgan fingerprint density at radius 2 is 2.11 bits per heavy atom. The molecule has 5 nitrogen and oxygen atoms in total. The van der Waals surface area contributed by atoms with Crippen LogP contribution in [0.3, 0.4) is 0 Å². The van der Waals surface area contributed by atoms with Gasteiger partial charge in [0.25, 0.3) is 0 Å². The van der Waals surface area contributed by atoms with Crippen LogP contribution in [0.25, 0.3) is 0 Å². The molecule has 0 aromatic heterocycles. The summed E-state index contributed by atoms with van der Waals surface area (Å²) in [5, 5.41) is 3.22. The summed E-state index contributed by atoms with van der Waals surface area (Å²) in [6, 6.07) is 5.56. The number of anilines is 2. The van der Waals surface area contributed by atoms with Crippen molar-refractivity contribution in [2.75, 3.05) is 30.8 Å². The number of carbonyl (C=O) groups excluding carboxylic acids is 1. The second kappa shape index (κ2) is 8.24. The molecule has 5 heteroatoms. The van der Waals surface area contributed by atoms with Gasteiger partial charge in [-0.1, -0.05) is 0 Å². The molecule has 0 unspecified atom stereocenters. The maximum absolute atomic E-state index is 11.2. The Kier molecular flexibility index (Phi) is 6.57. The van der Waals surface area contributed by atoms with Crippen molar-refractivity contribution in [1.82, 2.24) is 0 Å². The number of nitrogen functional groups attached to an aromatic ring is 1. The fraction of sp³-hybridized carbons (Fsp3) is 0.500. The lowest BCUT2D eigenvalue weighted by Gasteiger charge is -2.11. The van der Waals surface area contributed by atoms with Crippen LogP contribution in [-0.2, 0) is 9.53 Å². The summed E-state index contributed by atoms with van der Waals surface area (Å²) in [4.78, 5) is 11.2. The average molecular weight is 266 g/mol. The van der Waals surface area contributed by atoms with Crippen LogP contribution in [0.15, 0.2) is 18.2 Å². The van der Waals surface area contributed by atoms with Gasteiger partial charge in [-0.2, -0.15) is 0 Å². The summed E-state index contributed by atoms with van der Waals surface area (Å²) in [6.45, 7) is 5.44. The van der Waals surface area contributed by atoms with Crippen molar-refractivity contribution >= 4 is 17.3 Å². The molecule has 0 radical (unpaired) electrons. The van der Waals surface area contributed by atoms with Crippen molar-refractivity contribution in [3.8, 4) is 5.75 Å². The third kappa shape index (κ3) is 5.50. The van der Waals surface area contributed by atoms with Crippen LogP contribution in [0.5, 0.6) is 5.75 Å². The van der Waals surface area contributed by atoms with Gasteiger partial charge in [0.2, 0.25) is 0 Å². The molecule has 0 saturated heterocycles. The van der Waals surface area contributed by atoms with E-state index in [4.69, 9.17) is 15.2 Å². The molecule has 0 spiro atoms. The average Bonchev–Trinajstić information content (AvgIpc) is 2.39. The van der Waals surface area contributed by atoms with Crippen LogP contribution in [0.1, 0.15) is 26.7 Å². The molecule has 0 atom stereocenters. The lowest BCUT2D eigenvalue weighted by molar-refractivity contribution is -0.143. The summed E-state index contributed by atoms with van der Waals surface area (Å²) in [7, 11) is 0. The third-order valence-corrected chi connectivity index (χ3v) is 2.51. The molecule has 1 aromatic carbocycles. The Morgan fingerprint density at radius 1 is 1.32 bits per heavy atom. The topological polar surface area (TPSA) is 73.6 Å². The van der Waals surface area contributed by atoms with Crippen LogP contribution in [-0.4, -0.2) is 25.7 Å². The quantitative estimate of drug-likeness (QED) is 0.429. The molecular formula is C14H22N2O3. The third-order valence-electron chi connectivity index (χ3n) is 2.51. The molecule has 1 rings (SSSR count). The number of nitrogens with one attached hydrogen (secondary N) is 1. The van der Waals surface area contributed by atoms with Crippen LogP contribution in [0.2, 0.25) is 0 Å². The Morgan fingerprint density at radius 3 is 2.79 bits per heavy atom. The predicted molar refractivity (Wildman–Crippen MR) is 76.4 cm³/mol. The van der Waals surface area contributed by atoms with E-state index in [-0.39, 0.29) is 5.97 Å². The lowest BCUT2D eigenvalue weighted by Crippen LogP contribution is -2.08. The number of benzene rings is 1. The summed E-state index contributed by atoms with van der Waals surface area (Å²) in [5.74, 6) is 0.523. The first-order valence-electron chi connectivity index (χ1n) is 6.59. The Balaban J connectivity index is 2.37. The van der Waals surface area contributed by atoms with Gasteiger partial charge in [-0.25, -0.2) is 0 Å². The second-order valence-corrected chi connectivity index (χ2v) is 4.02. The summed E-state index contributed by atoms with van der Waals surface area (Å²) in [5.41, 5.74) is 7.35. The van der Waals surface area contributed by atoms with Gasteiger partial charge < -0.3 is 20.5 Å². The van der Waals surface area contributed by atoms with Crippen LogP contribution in [0.4, 0.5) is 11.4 Å². The van der Waals surface area contributed by atoms with Crippen molar-refractivity contribution in [2.45, 2.75) is 26.7 Å². The van der Waals surface area contributed by atoms with Gasteiger partial charge in [0, 0.05) is 24.7 Å². The minimum absolute atomic E-state index is 0.156. The number of rotatable bonds is 8. The smallest absolute Gasteiger partial charge is 0.305 e. The Bertz CT molecular complexity index is 408. The molecule has 0 aliphatic rings.